The van der Waals surface area contributed by atoms with E-state index in [2.05, 4.69) is 0 Å². The van der Waals surface area contributed by atoms with Gasteiger partial charge in [0, 0.05) is 12.0 Å². The van der Waals surface area contributed by atoms with Gasteiger partial charge < -0.3 is 30.6 Å². The van der Waals surface area contributed by atoms with Gasteiger partial charge in [-0.1, -0.05) is 18.2 Å². The summed E-state index contributed by atoms with van der Waals surface area (Å²) in [5, 5.41) is 55.5. The SMILES string of the molecule is O=C(O)[C@@H](O)[C@@H](O)[C@H](O)[C@@H](O)C(=O)Cc1ccccc1O. The van der Waals surface area contributed by atoms with Gasteiger partial charge >= 0.3 is 5.97 Å². The Morgan fingerprint density at radius 2 is 1.48 bits per heavy atom. The second-order valence-corrected chi connectivity index (χ2v) is 4.48. The molecule has 1 aromatic carbocycles. The fourth-order valence-electron chi connectivity index (χ4n) is 1.66. The van der Waals surface area contributed by atoms with Gasteiger partial charge in [0.15, 0.2) is 11.9 Å². The number of aliphatic hydroxyl groups excluding tert-OH is 4. The third-order valence-corrected chi connectivity index (χ3v) is 2.94. The first-order valence-electron chi connectivity index (χ1n) is 6.00. The van der Waals surface area contributed by atoms with Gasteiger partial charge in [0.25, 0.3) is 0 Å². The summed E-state index contributed by atoms with van der Waals surface area (Å²) in [5.74, 6) is -2.93. The molecule has 8 heteroatoms. The highest BCUT2D eigenvalue weighted by Gasteiger charge is 2.37. The van der Waals surface area contributed by atoms with Crippen molar-refractivity contribution in [3.05, 3.63) is 29.8 Å². The number of hydrogen-bond acceptors (Lipinski definition) is 7. The molecule has 0 radical (unpaired) electrons. The number of phenolic OH excluding ortho intramolecular Hbond substituents is 1. The Morgan fingerprint density at radius 3 is 2.00 bits per heavy atom. The van der Waals surface area contributed by atoms with Crippen molar-refractivity contribution in [1.82, 2.24) is 0 Å². The first-order chi connectivity index (χ1) is 9.75. The van der Waals surface area contributed by atoms with E-state index in [1.807, 2.05) is 0 Å². The molecule has 8 nitrogen and oxygen atoms in total. The molecule has 0 bridgehead atoms. The van der Waals surface area contributed by atoms with Crippen LogP contribution < -0.4 is 0 Å². The topological polar surface area (TPSA) is 156 Å². The Hall–Kier alpha value is -2.00. The minimum atomic E-state index is -2.34. The van der Waals surface area contributed by atoms with Crippen molar-refractivity contribution >= 4 is 11.8 Å². The summed E-state index contributed by atoms with van der Waals surface area (Å²) >= 11 is 0. The van der Waals surface area contributed by atoms with Crippen molar-refractivity contribution in [1.29, 1.82) is 0 Å². The molecule has 0 aliphatic heterocycles. The predicted octanol–water partition coefficient (Wildman–Crippen LogP) is -1.97. The lowest BCUT2D eigenvalue weighted by molar-refractivity contribution is -0.165. The second kappa shape index (κ2) is 7.14. The number of carboxylic acids is 1. The third kappa shape index (κ3) is 4.23. The predicted molar refractivity (Wildman–Crippen MR) is 68.5 cm³/mol. The number of Topliss-reactive ketones (excluding diaryl/α,β-unsaturated/α-hetero) is 1. The molecule has 0 saturated heterocycles. The van der Waals surface area contributed by atoms with Gasteiger partial charge in [-0.25, -0.2) is 4.79 Å². The smallest absolute Gasteiger partial charge is 0.335 e. The minimum absolute atomic E-state index is 0.182. The molecule has 21 heavy (non-hydrogen) atoms. The van der Waals surface area contributed by atoms with E-state index in [4.69, 9.17) is 10.2 Å². The van der Waals surface area contributed by atoms with Crippen molar-refractivity contribution in [2.45, 2.75) is 30.8 Å². The largest absolute Gasteiger partial charge is 0.508 e. The summed E-state index contributed by atoms with van der Waals surface area (Å²) in [5.41, 5.74) is 0.196. The van der Waals surface area contributed by atoms with Gasteiger partial charge in [-0.2, -0.15) is 0 Å². The molecule has 0 aliphatic carbocycles. The van der Waals surface area contributed by atoms with Gasteiger partial charge in [0.1, 0.15) is 24.1 Å². The van der Waals surface area contributed by atoms with E-state index in [0.29, 0.717) is 0 Å². The standard InChI is InChI=1S/C13H16O8/c14-7-4-2-1-3-6(7)5-8(15)9(16)10(17)11(18)12(19)13(20)21/h1-4,9-12,14,16-19H,5H2,(H,20,21)/t9-,10+,11-,12-/m0/s1. The van der Waals surface area contributed by atoms with Crippen molar-refractivity contribution in [2.75, 3.05) is 0 Å². The molecule has 6 N–H and O–H groups in total. The Labute approximate surface area is 119 Å². The highest BCUT2D eigenvalue weighted by molar-refractivity contribution is 5.86. The number of carbonyl (C=O) groups excluding carboxylic acids is 1. The maximum Gasteiger partial charge on any atom is 0.335 e. The van der Waals surface area contributed by atoms with Crippen LogP contribution in [-0.2, 0) is 16.0 Å². The highest BCUT2D eigenvalue weighted by atomic mass is 16.4. The van der Waals surface area contributed by atoms with E-state index in [0.717, 1.165) is 0 Å². The van der Waals surface area contributed by atoms with E-state index >= 15 is 0 Å². The molecule has 4 atom stereocenters. The average Bonchev–Trinajstić information content (AvgIpc) is 2.46. The zero-order chi connectivity index (χ0) is 16.2. The molecule has 0 saturated carbocycles. The van der Waals surface area contributed by atoms with Gasteiger partial charge in [0.2, 0.25) is 0 Å². The van der Waals surface area contributed by atoms with Crippen LogP contribution in [-0.4, -0.2) is 66.8 Å². The normalized spacial score (nSPS) is 16.8. The van der Waals surface area contributed by atoms with Crippen LogP contribution in [0.4, 0.5) is 0 Å². The van der Waals surface area contributed by atoms with Crippen molar-refractivity contribution in [3.63, 3.8) is 0 Å². The van der Waals surface area contributed by atoms with Crippen LogP contribution in [0.3, 0.4) is 0 Å². The van der Waals surface area contributed by atoms with Crippen molar-refractivity contribution in [2.24, 2.45) is 0 Å². The first-order valence-corrected chi connectivity index (χ1v) is 6.00. The minimum Gasteiger partial charge on any atom is -0.508 e. The molecule has 0 spiro atoms. The lowest BCUT2D eigenvalue weighted by Gasteiger charge is -2.23. The molecule has 0 aliphatic rings. The fourth-order valence-corrected chi connectivity index (χ4v) is 1.66. The average molecular weight is 300 g/mol. The monoisotopic (exact) mass is 300 g/mol. The Morgan fingerprint density at radius 1 is 0.952 bits per heavy atom. The zero-order valence-corrected chi connectivity index (χ0v) is 10.8. The van der Waals surface area contributed by atoms with Crippen LogP contribution in [0.5, 0.6) is 5.75 Å². The number of aliphatic carboxylic acids is 1. The number of aromatic hydroxyl groups is 1. The molecule has 0 fully saturated rings. The molecule has 1 rings (SSSR count). The lowest BCUT2D eigenvalue weighted by atomic mass is 9.96. The van der Waals surface area contributed by atoms with Crippen molar-refractivity contribution < 1.29 is 40.2 Å². The quantitative estimate of drug-likeness (QED) is 0.339. The summed E-state index contributed by atoms with van der Waals surface area (Å²) in [4.78, 5) is 22.2. The molecule has 0 amide bonds. The number of phenols is 1. The number of ketones is 1. The maximum atomic E-state index is 11.7. The molecule has 0 aromatic heterocycles. The molecular weight excluding hydrogens is 284 g/mol. The summed E-state index contributed by atoms with van der Waals surface area (Å²) < 4.78 is 0. The number of benzene rings is 1. The van der Waals surface area contributed by atoms with Gasteiger partial charge in [-0.3, -0.25) is 4.79 Å². The molecule has 0 heterocycles. The number of para-hydroxylation sites is 1. The van der Waals surface area contributed by atoms with E-state index in [-0.39, 0.29) is 11.3 Å². The number of aliphatic hydroxyl groups is 4. The number of hydrogen-bond donors (Lipinski definition) is 6. The highest BCUT2D eigenvalue weighted by Crippen LogP contribution is 2.18. The summed E-state index contributed by atoms with van der Waals surface area (Å²) in [6.45, 7) is 0. The van der Waals surface area contributed by atoms with E-state index in [1.54, 1.807) is 6.07 Å². The maximum absolute atomic E-state index is 11.7. The number of carboxylic acid groups (broad SMARTS) is 1. The summed E-state index contributed by atoms with van der Waals surface area (Å²) in [6, 6.07) is 5.83. The third-order valence-electron chi connectivity index (χ3n) is 2.94. The second-order valence-electron chi connectivity index (χ2n) is 4.48. The Balaban J connectivity index is 2.74. The van der Waals surface area contributed by atoms with Crippen LogP contribution in [0.2, 0.25) is 0 Å². The summed E-state index contributed by atoms with van der Waals surface area (Å²) in [6.07, 6.45) is -9.28. The lowest BCUT2D eigenvalue weighted by Crippen LogP contribution is -2.50. The van der Waals surface area contributed by atoms with Crippen molar-refractivity contribution in [3.8, 4) is 5.75 Å². The molecule has 0 unspecified atom stereocenters. The van der Waals surface area contributed by atoms with Crippen LogP contribution in [0.25, 0.3) is 0 Å². The van der Waals surface area contributed by atoms with E-state index < -0.39 is 42.6 Å². The Kier molecular flexibility index (Phi) is 5.79. The van der Waals surface area contributed by atoms with Crippen LogP contribution in [0, 0.1) is 0 Å². The van der Waals surface area contributed by atoms with Gasteiger partial charge in [0.05, 0.1) is 0 Å². The van der Waals surface area contributed by atoms with Crippen LogP contribution in [0.15, 0.2) is 24.3 Å². The van der Waals surface area contributed by atoms with Gasteiger partial charge in [-0.05, 0) is 6.07 Å². The van der Waals surface area contributed by atoms with Gasteiger partial charge in [-0.15, -0.1) is 0 Å². The molecule has 116 valence electrons. The summed E-state index contributed by atoms with van der Waals surface area (Å²) in [7, 11) is 0. The van der Waals surface area contributed by atoms with Crippen LogP contribution >= 0.6 is 0 Å². The first kappa shape index (κ1) is 17.1. The Bertz CT molecular complexity index is 515. The fraction of sp³-hybridized carbons (Fsp3) is 0.385. The van der Waals surface area contributed by atoms with Crippen LogP contribution in [0.1, 0.15) is 5.56 Å². The van der Waals surface area contributed by atoms with E-state index in [1.165, 1.54) is 18.2 Å². The zero-order valence-electron chi connectivity index (χ0n) is 10.8. The van der Waals surface area contributed by atoms with E-state index in [9.17, 15) is 30.0 Å². The molecule has 1 aromatic rings. The molecular formula is C13H16O8. The number of rotatable bonds is 7. The number of carbonyl (C=O) groups is 2.